The minimum atomic E-state index is -5.82. The van der Waals surface area contributed by atoms with E-state index in [0.717, 1.165) is 10.9 Å². The van der Waals surface area contributed by atoms with Crippen LogP contribution in [0, 0.1) is 0 Å². The number of anilines is 1. The van der Waals surface area contributed by atoms with Gasteiger partial charge in [-0.05, 0) is 6.92 Å². The molecular weight excluding hydrogens is 564 g/mol. The predicted molar refractivity (Wildman–Crippen MR) is 114 cm³/mol. The summed E-state index contributed by atoms with van der Waals surface area (Å²) >= 11 is 0. The van der Waals surface area contributed by atoms with Crippen molar-refractivity contribution >= 4 is 32.8 Å². The van der Waals surface area contributed by atoms with Crippen LogP contribution in [-0.2, 0) is 32.0 Å². The van der Waals surface area contributed by atoms with Crippen molar-refractivity contribution in [1.82, 2.24) is 19.5 Å². The Morgan fingerprint density at radius 3 is 2.45 bits per heavy atom. The van der Waals surface area contributed by atoms with Gasteiger partial charge in [-0.2, -0.15) is 4.98 Å². The summed E-state index contributed by atoms with van der Waals surface area (Å²) in [6.45, 7) is 0.168. The molecule has 4 heterocycles. The van der Waals surface area contributed by atoms with Crippen LogP contribution in [0.25, 0.3) is 11.2 Å². The third kappa shape index (κ3) is 5.83. The van der Waals surface area contributed by atoms with Crippen LogP contribution < -0.4 is 21.1 Å². The number of rotatable bonds is 8. The van der Waals surface area contributed by atoms with Crippen molar-refractivity contribution in [2.24, 2.45) is 0 Å². The van der Waals surface area contributed by atoms with E-state index < -0.39 is 83.1 Å². The highest BCUT2D eigenvalue weighted by Gasteiger charge is 2.46. The summed E-state index contributed by atoms with van der Waals surface area (Å²) in [6, 6.07) is 0. The third-order valence-corrected chi connectivity index (χ3v) is 8.23. The molecule has 2 unspecified atom stereocenters. The maximum Gasteiger partial charge on any atom is 0.280 e. The average Bonchev–Trinajstić information content (AvgIpc) is 3.35. The zero-order valence-corrected chi connectivity index (χ0v) is 20.9. The summed E-state index contributed by atoms with van der Waals surface area (Å²) in [5.41, 5.74) is 4.52. The minimum absolute atomic E-state index is 0.120. The summed E-state index contributed by atoms with van der Waals surface area (Å²) in [6.07, 6.45) is -14.3. The van der Waals surface area contributed by atoms with E-state index in [2.05, 4.69) is 28.3 Å². The molecule has 2 saturated heterocycles. The molecule has 0 saturated carbocycles. The van der Waals surface area contributed by atoms with Crippen LogP contribution in [0.5, 0.6) is 0 Å². The van der Waals surface area contributed by atoms with E-state index in [9.17, 15) is 49.2 Å². The molecule has 2 aromatic heterocycles. The first-order valence-electron chi connectivity index (χ1n) is 10.7. The predicted octanol–water partition coefficient (Wildman–Crippen LogP) is -4.86. The van der Waals surface area contributed by atoms with Crippen molar-refractivity contribution in [3.63, 3.8) is 0 Å². The van der Waals surface area contributed by atoms with E-state index in [-0.39, 0.29) is 17.1 Å². The number of imidazole rings is 1. The van der Waals surface area contributed by atoms with Gasteiger partial charge in [-0.15, -0.1) is 0 Å². The van der Waals surface area contributed by atoms with Crippen LogP contribution in [0.15, 0.2) is 11.1 Å². The molecule has 8 N–H and O–H groups in total. The highest BCUT2D eigenvalue weighted by molar-refractivity contribution is 7.59. The van der Waals surface area contributed by atoms with Gasteiger partial charge in [-0.1, -0.05) is 0 Å². The average molecular weight is 587 g/mol. The lowest BCUT2D eigenvalue weighted by Gasteiger charge is -2.41. The van der Waals surface area contributed by atoms with Gasteiger partial charge in [0.1, 0.15) is 36.6 Å². The lowest BCUT2D eigenvalue weighted by Crippen LogP contribution is -2.57. The van der Waals surface area contributed by atoms with Gasteiger partial charge >= 0.3 is 0 Å². The number of aromatic amines is 1. The molecule has 2 fully saturated rings. The zero-order chi connectivity index (χ0) is 28.2. The van der Waals surface area contributed by atoms with E-state index in [1.807, 2.05) is 0 Å². The number of nitrogens with one attached hydrogen (secondary N) is 1. The Labute approximate surface area is 211 Å². The van der Waals surface area contributed by atoms with Crippen LogP contribution in [0.2, 0.25) is 0 Å². The van der Waals surface area contributed by atoms with Crippen molar-refractivity contribution in [2.45, 2.75) is 62.2 Å². The number of aliphatic hydroxyl groups excluding tert-OH is 5. The van der Waals surface area contributed by atoms with Gasteiger partial charge in [0.05, 0.1) is 19.0 Å². The van der Waals surface area contributed by atoms with Crippen molar-refractivity contribution in [1.29, 1.82) is 0 Å². The van der Waals surface area contributed by atoms with Crippen LogP contribution in [0.3, 0.4) is 0 Å². The number of fused-ring (bicyclic) bond motifs is 1. The van der Waals surface area contributed by atoms with Gasteiger partial charge in [0.2, 0.25) is 5.95 Å². The molecule has 0 aromatic carbocycles. The topological polar surface area (TPSA) is 317 Å². The van der Waals surface area contributed by atoms with Crippen molar-refractivity contribution in [3.8, 4) is 0 Å². The molecular formula is C16H23N5O15P2-2. The number of hydrogen-bond acceptors (Lipinski definition) is 18. The largest absolute Gasteiger partial charge is 0.756 e. The van der Waals surface area contributed by atoms with Gasteiger partial charge in [-0.3, -0.25) is 28.0 Å². The number of aromatic nitrogens is 4. The normalized spacial score (nSPS) is 37.2. The highest BCUT2D eigenvalue weighted by atomic mass is 31.3. The molecule has 0 amide bonds. The summed E-state index contributed by atoms with van der Waals surface area (Å²) in [4.78, 5) is 46.1. The fraction of sp³-hybridized carbons (Fsp3) is 0.688. The number of hydrogen-bond donors (Lipinski definition) is 7. The molecule has 11 atom stereocenters. The van der Waals surface area contributed by atoms with E-state index in [1.165, 1.54) is 6.92 Å². The monoisotopic (exact) mass is 587 g/mol. The van der Waals surface area contributed by atoms with Crippen LogP contribution in [0.1, 0.15) is 13.2 Å². The molecule has 0 bridgehead atoms. The standard InChI is InChI=1S/C16H25N5O15P2/c1-4-7(22)9(24)11(26)15(33-4)35-38(30,31)36-37(28,29)32-2-5-8(23)10(25)14(34-5)21-3-18-6-12(21)19-16(17)20-13(6)27/h3-5,7-11,14-15,22-26H,2H2,1H3,(H,28,29)(H,30,31)(H3,17,19,20,27)/p-2/t4-,5+,7+,8+,9+,10+,11-,14+,15-/m0/s1. The molecule has 2 aliphatic heterocycles. The van der Waals surface area contributed by atoms with Crippen molar-refractivity contribution in [2.75, 3.05) is 12.3 Å². The molecule has 0 radical (unpaired) electrons. The zero-order valence-electron chi connectivity index (χ0n) is 19.1. The second kappa shape index (κ2) is 10.6. The smallest absolute Gasteiger partial charge is 0.280 e. The Hall–Kier alpha value is -1.87. The van der Waals surface area contributed by atoms with E-state index in [0.29, 0.717) is 0 Å². The van der Waals surface area contributed by atoms with Gasteiger partial charge in [0, 0.05) is 0 Å². The summed E-state index contributed by atoms with van der Waals surface area (Å²) in [5.74, 6) is -0.280. The molecule has 4 rings (SSSR count). The lowest BCUT2D eigenvalue weighted by atomic mass is 10.0. The number of H-pyrrole nitrogens is 1. The second-order valence-electron chi connectivity index (χ2n) is 8.38. The maximum atomic E-state index is 12.1. The Kier molecular flexibility index (Phi) is 8.12. The fourth-order valence-corrected chi connectivity index (χ4v) is 5.86. The third-order valence-electron chi connectivity index (χ3n) is 5.70. The Morgan fingerprint density at radius 1 is 1.08 bits per heavy atom. The molecule has 22 heteroatoms. The quantitative estimate of drug-likeness (QED) is 0.142. The Balaban J connectivity index is 1.39. The number of nitrogens with two attached hydrogens (primary N) is 1. The van der Waals surface area contributed by atoms with E-state index in [1.54, 1.807) is 0 Å². The van der Waals surface area contributed by atoms with Gasteiger partial charge < -0.3 is 55.1 Å². The summed E-state index contributed by atoms with van der Waals surface area (Å²) in [7, 11) is -11.6. The Bertz CT molecular complexity index is 1320. The molecule has 20 nitrogen and oxygen atoms in total. The molecule has 0 spiro atoms. The molecule has 2 aromatic rings. The number of phosphoric ester groups is 2. The maximum absolute atomic E-state index is 12.1. The molecule has 38 heavy (non-hydrogen) atoms. The second-order valence-corrected chi connectivity index (χ2v) is 11.3. The van der Waals surface area contributed by atoms with Crippen LogP contribution in [0.4, 0.5) is 5.95 Å². The molecule has 2 aliphatic rings. The molecule has 214 valence electrons. The van der Waals surface area contributed by atoms with Gasteiger partial charge in [0.15, 0.2) is 23.7 Å². The first-order valence-corrected chi connectivity index (χ1v) is 13.6. The number of nitrogens with zero attached hydrogens (tertiary/aromatic N) is 3. The lowest BCUT2D eigenvalue weighted by molar-refractivity contribution is -0.299. The first-order chi connectivity index (χ1) is 17.6. The summed E-state index contributed by atoms with van der Waals surface area (Å²) in [5, 5.41) is 49.9. The van der Waals surface area contributed by atoms with E-state index >= 15 is 0 Å². The minimum Gasteiger partial charge on any atom is -0.756 e. The van der Waals surface area contributed by atoms with E-state index in [4.69, 9.17) is 15.2 Å². The van der Waals surface area contributed by atoms with Crippen LogP contribution in [-0.4, -0.2) is 101 Å². The number of phosphoric acid groups is 2. The Morgan fingerprint density at radius 2 is 1.76 bits per heavy atom. The van der Waals surface area contributed by atoms with Crippen LogP contribution >= 0.6 is 15.6 Å². The number of ether oxygens (including phenoxy) is 2. The van der Waals surface area contributed by atoms with Crippen molar-refractivity contribution < 1.29 is 67.3 Å². The molecule has 0 aliphatic carbocycles. The number of nitrogen functional groups attached to an aromatic ring is 1. The first kappa shape index (κ1) is 29.1. The van der Waals surface area contributed by atoms with Gasteiger partial charge in [-0.25, -0.2) is 9.29 Å². The highest BCUT2D eigenvalue weighted by Crippen LogP contribution is 2.57. The fourth-order valence-electron chi connectivity index (χ4n) is 3.78. The van der Waals surface area contributed by atoms with Crippen molar-refractivity contribution in [3.05, 3.63) is 16.7 Å². The van der Waals surface area contributed by atoms with Gasteiger partial charge in [0.25, 0.3) is 21.2 Å². The number of aliphatic hydroxyl groups is 5. The summed E-state index contributed by atoms with van der Waals surface area (Å²) < 4.78 is 48.3. The SMILES string of the molecule is C[C@@H]1O[C@@H](OP(=O)([O-])OP(=O)([O-])OC[C@H]2O[C@@H](n3cnc4c(=O)[nH]c(N)nc43)[C@H](O)[C@@H]2O)[C@@H](O)[C@H](O)[C@@H]1O.